The molecule has 2 aliphatic heterocycles. The molecule has 1 saturated carbocycles. The van der Waals surface area contributed by atoms with Gasteiger partial charge >= 0.3 is 0 Å². The Hall–Kier alpha value is -2.33. The fourth-order valence-corrected chi connectivity index (χ4v) is 5.14. The molecule has 8 nitrogen and oxygen atoms in total. The summed E-state index contributed by atoms with van der Waals surface area (Å²) in [6.45, 7) is 4.67. The highest BCUT2D eigenvalue weighted by atomic mass is 19.3. The number of piperazine rings is 2. The average molecular weight is 451 g/mol. The minimum atomic E-state index is -2.48. The number of hydrogen-bond acceptors (Lipinski definition) is 6. The van der Waals surface area contributed by atoms with E-state index >= 15 is 0 Å². The number of nitrogens with zero attached hydrogens (tertiary/aromatic N) is 3. The Bertz CT molecular complexity index is 800. The van der Waals surface area contributed by atoms with Crippen molar-refractivity contribution >= 4 is 17.5 Å². The maximum absolute atomic E-state index is 12.7. The van der Waals surface area contributed by atoms with E-state index in [4.69, 9.17) is 0 Å². The van der Waals surface area contributed by atoms with E-state index in [0.29, 0.717) is 11.6 Å². The number of pyridine rings is 1. The molecule has 4 atom stereocenters. The summed E-state index contributed by atoms with van der Waals surface area (Å²) in [5.41, 5.74) is 1.43. The van der Waals surface area contributed by atoms with E-state index in [-0.39, 0.29) is 23.9 Å². The summed E-state index contributed by atoms with van der Waals surface area (Å²) in [5.74, 6) is 0.00639. The second-order valence-corrected chi connectivity index (χ2v) is 9.02. The lowest BCUT2D eigenvalue weighted by Crippen LogP contribution is -2.66. The van der Waals surface area contributed by atoms with Crippen LogP contribution in [0.25, 0.3) is 0 Å². The van der Waals surface area contributed by atoms with Gasteiger partial charge in [0.1, 0.15) is 5.69 Å². The molecule has 3 N–H and O–H groups in total. The average Bonchev–Trinajstić information content (AvgIpc) is 2.79. The summed E-state index contributed by atoms with van der Waals surface area (Å²) < 4.78 is 25.4. The first-order valence-electron chi connectivity index (χ1n) is 11.4. The summed E-state index contributed by atoms with van der Waals surface area (Å²) in [6, 6.07) is 3.03. The van der Waals surface area contributed by atoms with E-state index < -0.39 is 18.9 Å². The third-order valence-electron chi connectivity index (χ3n) is 6.89. The normalized spacial score (nSPS) is 28.9. The molecule has 0 aromatic carbocycles. The zero-order valence-electron chi connectivity index (χ0n) is 18.4. The van der Waals surface area contributed by atoms with Crippen LogP contribution < -0.4 is 20.9 Å². The van der Waals surface area contributed by atoms with E-state index in [1.54, 1.807) is 19.3 Å². The Morgan fingerprint density at radius 3 is 2.66 bits per heavy atom. The lowest BCUT2D eigenvalue weighted by atomic mass is 9.80. The number of carbonyl (C=O) groups is 2. The second kappa shape index (κ2) is 10.1. The smallest absolute Gasteiger partial charge is 0.269 e. The highest BCUT2D eigenvalue weighted by molar-refractivity contribution is 5.92. The molecule has 0 bridgehead atoms. The Morgan fingerprint density at radius 1 is 1.22 bits per heavy atom. The Kier molecular flexibility index (Phi) is 7.20. The number of halogens is 2. The van der Waals surface area contributed by atoms with Crippen molar-refractivity contribution < 1.29 is 18.4 Å². The van der Waals surface area contributed by atoms with Gasteiger partial charge in [-0.2, -0.15) is 0 Å². The van der Waals surface area contributed by atoms with Crippen LogP contribution >= 0.6 is 0 Å². The molecule has 32 heavy (non-hydrogen) atoms. The first-order valence-corrected chi connectivity index (χ1v) is 11.4. The van der Waals surface area contributed by atoms with Crippen LogP contribution in [0.5, 0.6) is 0 Å². The minimum absolute atomic E-state index is 0.0290. The molecule has 1 aromatic rings. The third-order valence-corrected chi connectivity index (χ3v) is 6.89. The maximum atomic E-state index is 12.7. The fraction of sp³-hybridized carbons (Fsp3) is 0.682. The molecule has 2 saturated heterocycles. The topological polar surface area (TPSA) is 89.6 Å². The van der Waals surface area contributed by atoms with Crippen molar-refractivity contribution in [1.82, 2.24) is 25.8 Å². The lowest BCUT2D eigenvalue weighted by molar-refractivity contribution is -0.128. The Labute approximate surface area is 187 Å². The minimum Gasteiger partial charge on any atom is -0.368 e. The predicted octanol–water partition coefficient (Wildman–Crippen LogP) is 0.844. The van der Waals surface area contributed by atoms with E-state index in [1.165, 1.54) is 0 Å². The van der Waals surface area contributed by atoms with Gasteiger partial charge in [0, 0.05) is 58.3 Å². The van der Waals surface area contributed by atoms with Crippen LogP contribution in [0.1, 0.15) is 36.2 Å². The van der Waals surface area contributed by atoms with Gasteiger partial charge in [-0.1, -0.05) is 0 Å². The number of aromatic nitrogens is 1. The van der Waals surface area contributed by atoms with Gasteiger partial charge in [-0.15, -0.1) is 0 Å². The van der Waals surface area contributed by atoms with Gasteiger partial charge < -0.3 is 20.9 Å². The number of amides is 2. The number of anilines is 1. The Morgan fingerprint density at radius 2 is 2.00 bits per heavy atom. The summed E-state index contributed by atoms with van der Waals surface area (Å²) in [4.78, 5) is 32.8. The van der Waals surface area contributed by atoms with Crippen LogP contribution in [0.2, 0.25) is 0 Å². The standard InChI is InChI=1S/C22H32F2N6O2/c1-25-21(31)17-5-3-15(12-26-17)30-8-6-29(7-9-30)13-14-2-4-16-18(10-14)28-22(32)19(27-16)11-20(23)24/h3,5,12,14,16,18-20,27H,2,4,6-11,13H2,1H3,(H,25,31)(H,28,32). The summed E-state index contributed by atoms with van der Waals surface area (Å²) in [5, 5.41) is 8.72. The van der Waals surface area contributed by atoms with Crippen molar-refractivity contribution in [1.29, 1.82) is 0 Å². The van der Waals surface area contributed by atoms with Crippen LogP contribution in [-0.2, 0) is 4.79 Å². The molecule has 3 heterocycles. The zero-order chi connectivity index (χ0) is 22.7. The number of fused-ring (bicyclic) bond motifs is 1. The first-order chi connectivity index (χ1) is 15.4. The molecule has 1 aromatic heterocycles. The number of rotatable bonds is 6. The number of hydrogen-bond donors (Lipinski definition) is 3. The SMILES string of the molecule is CNC(=O)c1ccc(N2CCN(CC3CCC4NC(CC(F)F)C(=O)NC4C3)CC2)cn1. The molecular weight excluding hydrogens is 418 g/mol. The number of carbonyl (C=O) groups excluding carboxylic acids is 2. The van der Waals surface area contributed by atoms with Crippen molar-refractivity contribution in [2.45, 2.75) is 50.2 Å². The third kappa shape index (κ3) is 5.35. The van der Waals surface area contributed by atoms with Crippen molar-refractivity contribution in [2.24, 2.45) is 5.92 Å². The van der Waals surface area contributed by atoms with Crippen LogP contribution in [0.3, 0.4) is 0 Å². The van der Waals surface area contributed by atoms with E-state index in [9.17, 15) is 18.4 Å². The lowest BCUT2D eigenvalue weighted by Gasteiger charge is -2.44. The van der Waals surface area contributed by atoms with Crippen LogP contribution in [0.4, 0.5) is 14.5 Å². The van der Waals surface area contributed by atoms with Crippen LogP contribution in [0, 0.1) is 5.92 Å². The van der Waals surface area contributed by atoms with E-state index in [0.717, 1.165) is 57.7 Å². The molecule has 4 unspecified atom stereocenters. The van der Waals surface area contributed by atoms with Crippen LogP contribution in [-0.4, -0.2) is 86.0 Å². The van der Waals surface area contributed by atoms with Gasteiger partial charge in [0.05, 0.1) is 17.9 Å². The number of nitrogens with one attached hydrogen (secondary N) is 3. The van der Waals surface area contributed by atoms with Crippen molar-refractivity contribution in [2.75, 3.05) is 44.7 Å². The van der Waals surface area contributed by atoms with Crippen molar-refractivity contribution in [3.05, 3.63) is 24.0 Å². The van der Waals surface area contributed by atoms with Gasteiger partial charge in [0.25, 0.3) is 5.91 Å². The molecule has 0 radical (unpaired) electrons. The molecule has 4 rings (SSSR count). The molecule has 3 fully saturated rings. The molecule has 1 aliphatic carbocycles. The molecule has 10 heteroatoms. The molecule has 176 valence electrons. The van der Waals surface area contributed by atoms with E-state index in [2.05, 4.69) is 30.7 Å². The monoisotopic (exact) mass is 450 g/mol. The largest absolute Gasteiger partial charge is 0.368 e. The van der Waals surface area contributed by atoms with Crippen LogP contribution in [0.15, 0.2) is 18.3 Å². The summed E-state index contributed by atoms with van der Waals surface area (Å²) in [6.07, 6.45) is 1.67. The molecule has 3 aliphatic rings. The maximum Gasteiger partial charge on any atom is 0.269 e. The second-order valence-electron chi connectivity index (χ2n) is 9.02. The fourth-order valence-electron chi connectivity index (χ4n) is 5.14. The van der Waals surface area contributed by atoms with Gasteiger partial charge in [-0.25, -0.2) is 13.8 Å². The highest BCUT2D eigenvalue weighted by Crippen LogP contribution is 2.29. The molecule has 2 amide bonds. The zero-order valence-corrected chi connectivity index (χ0v) is 18.4. The highest BCUT2D eigenvalue weighted by Gasteiger charge is 2.40. The van der Waals surface area contributed by atoms with Gasteiger partial charge in [-0.3, -0.25) is 14.5 Å². The van der Waals surface area contributed by atoms with E-state index in [1.807, 2.05) is 6.07 Å². The molecule has 0 spiro atoms. The van der Waals surface area contributed by atoms with Gasteiger partial charge in [0.15, 0.2) is 0 Å². The van der Waals surface area contributed by atoms with Crippen molar-refractivity contribution in [3.8, 4) is 0 Å². The molecular formula is C22H32F2N6O2. The van der Waals surface area contributed by atoms with Crippen molar-refractivity contribution in [3.63, 3.8) is 0 Å². The summed E-state index contributed by atoms with van der Waals surface area (Å²) in [7, 11) is 1.59. The summed E-state index contributed by atoms with van der Waals surface area (Å²) >= 11 is 0. The first kappa shape index (κ1) is 22.8. The van der Waals surface area contributed by atoms with Gasteiger partial charge in [-0.05, 0) is 37.3 Å². The number of alkyl halides is 2. The predicted molar refractivity (Wildman–Crippen MR) is 117 cm³/mol. The quantitative estimate of drug-likeness (QED) is 0.595. The van der Waals surface area contributed by atoms with Gasteiger partial charge in [0.2, 0.25) is 12.3 Å². The Balaban J connectivity index is 1.23.